The second-order valence-electron chi connectivity index (χ2n) is 5.65. The highest BCUT2D eigenvalue weighted by Gasteiger charge is 2.25. The lowest BCUT2D eigenvalue weighted by Gasteiger charge is -2.22. The van der Waals surface area contributed by atoms with Gasteiger partial charge in [0.15, 0.2) is 0 Å². The van der Waals surface area contributed by atoms with Crippen LogP contribution in [0.15, 0.2) is 30.3 Å². The third-order valence-electron chi connectivity index (χ3n) is 4.15. The van der Waals surface area contributed by atoms with E-state index in [1.807, 2.05) is 25.2 Å². The van der Waals surface area contributed by atoms with Gasteiger partial charge in [-0.05, 0) is 19.0 Å². The van der Waals surface area contributed by atoms with Crippen LogP contribution >= 0.6 is 0 Å². The second-order valence-corrected chi connectivity index (χ2v) is 5.65. The molecule has 6 nitrogen and oxygen atoms in total. The Morgan fingerprint density at radius 2 is 2.00 bits per heavy atom. The fourth-order valence-electron chi connectivity index (χ4n) is 2.93. The van der Waals surface area contributed by atoms with Crippen molar-refractivity contribution in [3.63, 3.8) is 0 Å². The maximum absolute atomic E-state index is 6.13. The van der Waals surface area contributed by atoms with Gasteiger partial charge in [0.2, 0.25) is 5.95 Å². The van der Waals surface area contributed by atoms with Gasteiger partial charge < -0.3 is 21.7 Å². The standard InChI is InChI=1S/C16H22N6/c1-19-12-7-8-22(10-12)15-13(14(17)20-16(18)21-15)9-11-5-3-2-4-6-11/h2-6,12,19H,7-10H2,1H3,(H4,17,18,20,21)/t12-/m1/s1. The van der Waals surface area contributed by atoms with Crippen LogP contribution in [0.3, 0.4) is 0 Å². The molecule has 6 heteroatoms. The summed E-state index contributed by atoms with van der Waals surface area (Å²) in [4.78, 5) is 10.9. The number of nitrogen functional groups attached to an aromatic ring is 2. The number of nitrogens with one attached hydrogen (secondary N) is 1. The number of likely N-dealkylation sites (N-methyl/N-ethyl adjacent to an activating group) is 1. The quantitative estimate of drug-likeness (QED) is 0.780. The van der Waals surface area contributed by atoms with Crippen LogP contribution in [-0.4, -0.2) is 36.1 Å². The Balaban J connectivity index is 1.94. The lowest BCUT2D eigenvalue weighted by molar-refractivity contribution is 0.616. The van der Waals surface area contributed by atoms with Crippen molar-refractivity contribution < 1.29 is 0 Å². The molecule has 1 aliphatic rings. The Morgan fingerprint density at radius 1 is 1.23 bits per heavy atom. The molecule has 3 rings (SSSR count). The minimum Gasteiger partial charge on any atom is -0.383 e. The molecule has 0 amide bonds. The van der Waals surface area contributed by atoms with Crippen molar-refractivity contribution in [2.45, 2.75) is 18.9 Å². The van der Waals surface area contributed by atoms with Crippen molar-refractivity contribution in [2.75, 3.05) is 36.5 Å². The largest absolute Gasteiger partial charge is 0.383 e. The normalized spacial score (nSPS) is 17.9. The molecular formula is C16H22N6. The minimum absolute atomic E-state index is 0.234. The molecule has 5 N–H and O–H groups in total. The monoisotopic (exact) mass is 298 g/mol. The van der Waals surface area contributed by atoms with E-state index in [0.717, 1.165) is 30.9 Å². The first-order valence-electron chi connectivity index (χ1n) is 7.55. The molecule has 0 aliphatic carbocycles. The summed E-state index contributed by atoms with van der Waals surface area (Å²) < 4.78 is 0. The van der Waals surface area contributed by atoms with Crippen molar-refractivity contribution in [1.82, 2.24) is 15.3 Å². The van der Waals surface area contributed by atoms with Crippen molar-refractivity contribution in [2.24, 2.45) is 0 Å². The Bertz CT molecular complexity index is 643. The molecule has 2 heterocycles. The zero-order chi connectivity index (χ0) is 15.5. The fraction of sp³-hybridized carbons (Fsp3) is 0.375. The van der Waals surface area contributed by atoms with E-state index in [9.17, 15) is 0 Å². The van der Waals surface area contributed by atoms with E-state index in [1.165, 1.54) is 5.56 Å². The highest BCUT2D eigenvalue weighted by atomic mass is 15.3. The fourth-order valence-corrected chi connectivity index (χ4v) is 2.93. The van der Waals surface area contributed by atoms with Gasteiger partial charge in [-0.2, -0.15) is 9.97 Å². The number of nitrogens with two attached hydrogens (primary N) is 2. The van der Waals surface area contributed by atoms with E-state index in [1.54, 1.807) is 0 Å². The van der Waals surface area contributed by atoms with Gasteiger partial charge in [-0.15, -0.1) is 0 Å². The highest BCUT2D eigenvalue weighted by molar-refractivity contribution is 5.61. The average Bonchev–Trinajstić information content (AvgIpc) is 2.99. The molecule has 0 radical (unpaired) electrons. The van der Waals surface area contributed by atoms with Gasteiger partial charge in [-0.1, -0.05) is 30.3 Å². The molecule has 2 aromatic rings. The number of anilines is 3. The van der Waals surface area contributed by atoms with Crippen LogP contribution in [0.4, 0.5) is 17.6 Å². The summed E-state index contributed by atoms with van der Waals surface area (Å²) in [5.41, 5.74) is 14.1. The molecule has 0 spiro atoms. The number of rotatable bonds is 4. The van der Waals surface area contributed by atoms with Crippen molar-refractivity contribution in [3.8, 4) is 0 Å². The summed E-state index contributed by atoms with van der Waals surface area (Å²) in [7, 11) is 1.99. The van der Waals surface area contributed by atoms with Crippen molar-refractivity contribution >= 4 is 17.6 Å². The molecule has 0 unspecified atom stereocenters. The van der Waals surface area contributed by atoms with E-state index in [2.05, 4.69) is 32.3 Å². The van der Waals surface area contributed by atoms with Gasteiger partial charge in [-0.25, -0.2) is 0 Å². The summed E-state index contributed by atoms with van der Waals surface area (Å²) in [6, 6.07) is 10.7. The number of benzene rings is 1. The van der Waals surface area contributed by atoms with Crippen LogP contribution in [0, 0.1) is 0 Å². The lowest BCUT2D eigenvalue weighted by atomic mass is 10.1. The first-order chi connectivity index (χ1) is 10.7. The Morgan fingerprint density at radius 3 is 2.68 bits per heavy atom. The average molecular weight is 298 g/mol. The van der Waals surface area contributed by atoms with Crippen LogP contribution in [0.25, 0.3) is 0 Å². The van der Waals surface area contributed by atoms with Crippen molar-refractivity contribution in [1.29, 1.82) is 0 Å². The number of nitrogens with zero attached hydrogens (tertiary/aromatic N) is 3. The van der Waals surface area contributed by atoms with Crippen LogP contribution < -0.4 is 21.7 Å². The van der Waals surface area contributed by atoms with Gasteiger partial charge in [0.1, 0.15) is 11.6 Å². The van der Waals surface area contributed by atoms with Gasteiger partial charge in [0, 0.05) is 31.1 Å². The molecule has 1 saturated heterocycles. The Hall–Kier alpha value is -2.34. The molecule has 22 heavy (non-hydrogen) atoms. The number of hydrogen-bond donors (Lipinski definition) is 3. The summed E-state index contributed by atoms with van der Waals surface area (Å²) in [6.07, 6.45) is 1.80. The van der Waals surface area contributed by atoms with E-state index in [0.29, 0.717) is 18.3 Å². The van der Waals surface area contributed by atoms with Gasteiger partial charge in [0.05, 0.1) is 0 Å². The summed E-state index contributed by atoms with van der Waals surface area (Å²) in [5.74, 6) is 1.57. The Kier molecular flexibility index (Phi) is 4.11. The predicted octanol–water partition coefficient (Wildman–Crippen LogP) is 1.03. The second kappa shape index (κ2) is 6.19. The first-order valence-corrected chi connectivity index (χ1v) is 7.55. The van der Waals surface area contributed by atoms with Crippen LogP contribution in [0.2, 0.25) is 0 Å². The van der Waals surface area contributed by atoms with E-state index in [-0.39, 0.29) is 5.95 Å². The number of hydrogen-bond acceptors (Lipinski definition) is 6. The van der Waals surface area contributed by atoms with Crippen LogP contribution in [0.5, 0.6) is 0 Å². The summed E-state index contributed by atoms with van der Waals surface area (Å²) >= 11 is 0. The first kappa shape index (κ1) is 14.6. The third kappa shape index (κ3) is 2.96. The molecule has 1 aromatic heterocycles. The van der Waals surface area contributed by atoms with Gasteiger partial charge in [-0.3, -0.25) is 0 Å². The molecule has 1 fully saturated rings. The summed E-state index contributed by atoms with van der Waals surface area (Å²) in [5, 5.41) is 3.31. The van der Waals surface area contributed by atoms with Gasteiger partial charge in [0.25, 0.3) is 0 Å². The predicted molar refractivity (Wildman–Crippen MR) is 89.8 cm³/mol. The molecule has 116 valence electrons. The molecule has 1 aliphatic heterocycles. The minimum atomic E-state index is 0.234. The number of aromatic nitrogens is 2. The van der Waals surface area contributed by atoms with E-state index in [4.69, 9.17) is 11.5 Å². The maximum atomic E-state index is 6.13. The van der Waals surface area contributed by atoms with Crippen LogP contribution in [0.1, 0.15) is 17.5 Å². The summed E-state index contributed by atoms with van der Waals surface area (Å²) in [6.45, 7) is 1.86. The molecular weight excluding hydrogens is 276 g/mol. The smallest absolute Gasteiger partial charge is 0.223 e. The molecule has 0 saturated carbocycles. The Labute approximate surface area is 130 Å². The highest BCUT2D eigenvalue weighted by Crippen LogP contribution is 2.28. The molecule has 1 aromatic carbocycles. The van der Waals surface area contributed by atoms with Crippen LogP contribution in [-0.2, 0) is 6.42 Å². The maximum Gasteiger partial charge on any atom is 0.223 e. The molecule has 1 atom stereocenters. The SMILES string of the molecule is CN[C@@H]1CCN(c2nc(N)nc(N)c2Cc2ccccc2)C1. The third-order valence-corrected chi connectivity index (χ3v) is 4.15. The zero-order valence-electron chi connectivity index (χ0n) is 12.8. The zero-order valence-corrected chi connectivity index (χ0v) is 12.8. The van der Waals surface area contributed by atoms with Crippen molar-refractivity contribution in [3.05, 3.63) is 41.5 Å². The van der Waals surface area contributed by atoms with E-state index < -0.39 is 0 Å². The van der Waals surface area contributed by atoms with Gasteiger partial charge >= 0.3 is 0 Å². The molecule has 0 bridgehead atoms. The topological polar surface area (TPSA) is 93.1 Å². The van der Waals surface area contributed by atoms with E-state index >= 15 is 0 Å². The lowest BCUT2D eigenvalue weighted by Crippen LogP contribution is -2.30.